The van der Waals surface area contributed by atoms with Gasteiger partial charge in [-0.3, -0.25) is 9.69 Å². The fourth-order valence-corrected chi connectivity index (χ4v) is 3.97. The Morgan fingerprint density at radius 3 is 2.77 bits per heavy atom. The molecule has 5 nitrogen and oxygen atoms in total. The molecule has 1 atom stereocenters. The highest BCUT2D eigenvalue weighted by molar-refractivity contribution is 6.07. The summed E-state index contributed by atoms with van der Waals surface area (Å²) in [6.07, 6.45) is 3.51. The molecule has 1 aromatic carbocycles. The van der Waals surface area contributed by atoms with Crippen LogP contribution in [0.4, 0.5) is 0 Å². The lowest BCUT2D eigenvalue weighted by atomic mass is 9.65. The molecule has 1 heterocycles. The van der Waals surface area contributed by atoms with Gasteiger partial charge >= 0.3 is 0 Å². The van der Waals surface area contributed by atoms with Crippen LogP contribution in [-0.2, 0) is 16.8 Å². The average Bonchev–Trinajstić information content (AvgIpc) is 2.79. The first-order valence-corrected chi connectivity index (χ1v) is 8.92. The first kappa shape index (κ1) is 18.0. The van der Waals surface area contributed by atoms with Gasteiger partial charge in [0.05, 0.1) is 6.07 Å². The van der Waals surface area contributed by atoms with Crippen molar-refractivity contribution in [3.63, 3.8) is 0 Å². The molecule has 1 spiro atoms. The van der Waals surface area contributed by atoms with Gasteiger partial charge < -0.3 is 5.73 Å². The van der Waals surface area contributed by atoms with Crippen LogP contribution in [0.15, 0.2) is 23.2 Å². The molecule has 0 saturated heterocycles. The number of amides is 1. The summed E-state index contributed by atoms with van der Waals surface area (Å²) >= 11 is 0. The Hall–Kier alpha value is -2.79. The molecule has 1 aliphatic heterocycles. The Kier molecular flexibility index (Phi) is 4.50. The van der Waals surface area contributed by atoms with Crippen molar-refractivity contribution in [2.45, 2.75) is 51.5 Å². The molecular formula is C21H24N4O. The largest absolute Gasteiger partial charge is 0.369 e. The van der Waals surface area contributed by atoms with Gasteiger partial charge in [-0.25, -0.2) is 4.99 Å². The quantitative estimate of drug-likeness (QED) is 0.659. The Labute approximate surface area is 154 Å². The molecule has 5 heteroatoms. The van der Waals surface area contributed by atoms with Crippen LogP contribution in [0.2, 0.25) is 0 Å². The van der Waals surface area contributed by atoms with E-state index in [1.54, 1.807) is 7.05 Å². The molecule has 0 aromatic heterocycles. The second-order valence-corrected chi connectivity index (χ2v) is 7.90. The van der Waals surface area contributed by atoms with E-state index in [2.05, 4.69) is 42.8 Å². The van der Waals surface area contributed by atoms with Gasteiger partial charge in [0, 0.05) is 25.5 Å². The van der Waals surface area contributed by atoms with E-state index in [-0.39, 0.29) is 17.3 Å². The third-order valence-corrected chi connectivity index (χ3v) is 5.09. The number of carbonyl (C=O) groups is 1. The second kappa shape index (κ2) is 6.50. The number of aliphatic imine (C=N–C) groups is 1. The van der Waals surface area contributed by atoms with E-state index in [9.17, 15) is 4.79 Å². The van der Waals surface area contributed by atoms with E-state index in [0.717, 1.165) is 29.5 Å². The summed E-state index contributed by atoms with van der Waals surface area (Å²) in [6.45, 7) is 4.33. The number of guanidine groups is 1. The molecule has 2 aliphatic rings. The molecule has 0 radical (unpaired) electrons. The van der Waals surface area contributed by atoms with Crippen molar-refractivity contribution in [3.05, 3.63) is 34.9 Å². The SMILES string of the molecule is CN1C(=O)C2(CC(C)(C)Cc3ccc(C#CCCCC#N)cc32)N=C1N. The number of rotatable bonds is 2. The van der Waals surface area contributed by atoms with E-state index in [4.69, 9.17) is 11.0 Å². The molecule has 1 amide bonds. The Bertz CT molecular complexity index is 881. The minimum absolute atomic E-state index is 0.0396. The highest BCUT2D eigenvalue weighted by Gasteiger charge is 2.54. The molecule has 1 aromatic rings. The maximum atomic E-state index is 13.1. The fraction of sp³-hybridized carbons (Fsp3) is 0.476. The number of nitrogens with two attached hydrogens (primary N) is 1. The third-order valence-electron chi connectivity index (χ3n) is 5.09. The predicted molar refractivity (Wildman–Crippen MR) is 101 cm³/mol. The summed E-state index contributed by atoms with van der Waals surface area (Å²) in [7, 11) is 1.68. The molecule has 0 saturated carbocycles. The smallest absolute Gasteiger partial charge is 0.261 e. The monoisotopic (exact) mass is 348 g/mol. The number of carbonyl (C=O) groups excluding carboxylic acids is 1. The molecule has 26 heavy (non-hydrogen) atoms. The van der Waals surface area contributed by atoms with Gasteiger partial charge in [-0.1, -0.05) is 31.8 Å². The maximum absolute atomic E-state index is 13.1. The van der Waals surface area contributed by atoms with Gasteiger partial charge in [-0.05, 0) is 47.9 Å². The zero-order valence-electron chi connectivity index (χ0n) is 15.6. The lowest BCUT2D eigenvalue weighted by Crippen LogP contribution is -2.46. The summed E-state index contributed by atoms with van der Waals surface area (Å²) in [6, 6.07) is 8.19. The number of hydrogen-bond donors (Lipinski definition) is 1. The number of likely N-dealkylation sites (N-methyl/N-ethyl adjacent to an activating group) is 1. The molecule has 0 fully saturated rings. The van der Waals surface area contributed by atoms with E-state index < -0.39 is 5.54 Å². The van der Waals surface area contributed by atoms with Gasteiger partial charge in [0.1, 0.15) is 0 Å². The van der Waals surface area contributed by atoms with Crippen molar-refractivity contribution in [2.75, 3.05) is 7.05 Å². The highest BCUT2D eigenvalue weighted by Crippen LogP contribution is 2.49. The predicted octanol–water partition coefficient (Wildman–Crippen LogP) is 2.69. The van der Waals surface area contributed by atoms with Crippen molar-refractivity contribution in [3.8, 4) is 17.9 Å². The summed E-state index contributed by atoms with van der Waals surface area (Å²) < 4.78 is 0. The van der Waals surface area contributed by atoms with Crippen LogP contribution in [0.25, 0.3) is 0 Å². The summed E-state index contributed by atoms with van der Waals surface area (Å²) in [5.41, 5.74) is 7.95. The lowest BCUT2D eigenvalue weighted by Gasteiger charge is -2.41. The normalized spacial score (nSPS) is 23.1. The van der Waals surface area contributed by atoms with Crippen LogP contribution in [0, 0.1) is 28.6 Å². The van der Waals surface area contributed by atoms with Gasteiger partial charge in [-0.15, -0.1) is 0 Å². The number of benzene rings is 1. The van der Waals surface area contributed by atoms with E-state index in [1.165, 1.54) is 4.90 Å². The van der Waals surface area contributed by atoms with Gasteiger partial charge in [0.25, 0.3) is 5.91 Å². The lowest BCUT2D eigenvalue weighted by molar-refractivity contribution is -0.132. The molecule has 134 valence electrons. The fourth-order valence-electron chi connectivity index (χ4n) is 3.97. The van der Waals surface area contributed by atoms with E-state index in [0.29, 0.717) is 19.3 Å². The molecule has 1 aliphatic carbocycles. The maximum Gasteiger partial charge on any atom is 0.261 e. The minimum Gasteiger partial charge on any atom is -0.369 e. The third kappa shape index (κ3) is 3.06. The number of nitrogens with zero attached hydrogens (tertiary/aromatic N) is 3. The van der Waals surface area contributed by atoms with Gasteiger partial charge in [0.15, 0.2) is 11.5 Å². The number of hydrogen-bond acceptors (Lipinski definition) is 4. The number of unbranched alkanes of at least 4 members (excludes halogenated alkanes) is 2. The van der Waals surface area contributed by atoms with Gasteiger partial charge in [-0.2, -0.15) is 5.26 Å². The van der Waals surface area contributed by atoms with Crippen molar-refractivity contribution < 1.29 is 4.79 Å². The number of nitriles is 1. The topological polar surface area (TPSA) is 82.5 Å². The summed E-state index contributed by atoms with van der Waals surface area (Å²) in [4.78, 5) is 19.1. The minimum atomic E-state index is -0.936. The van der Waals surface area contributed by atoms with Crippen LogP contribution in [0.5, 0.6) is 0 Å². The molecule has 2 N–H and O–H groups in total. The van der Waals surface area contributed by atoms with E-state index in [1.807, 2.05) is 12.1 Å². The standard InChI is InChI=1S/C21H24N4O/c1-20(2)13-16-10-9-15(8-6-4-5-7-11-22)12-17(16)21(14-20)18(26)25(3)19(23)24-21/h9-10,12H,4-5,7,13-14H2,1-3H3,(H2,23,24). The molecular weight excluding hydrogens is 324 g/mol. The Morgan fingerprint density at radius 1 is 1.35 bits per heavy atom. The van der Waals surface area contributed by atoms with Crippen molar-refractivity contribution >= 4 is 11.9 Å². The summed E-state index contributed by atoms with van der Waals surface area (Å²) in [5.74, 6) is 6.47. The van der Waals surface area contributed by atoms with Crippen molar-refractivity contribution in [1.82, 2.24) is 4.90 Å². The van der Waals surface area contributed by atoms with Crippen LogP contribution in [-0.4, -0.2) is 23.8 Å². The molecule has 0 bridgehead atoms. The van der Waals surface area contributed by atoms with Crippen LogP contribution in [0.1, 0.15) is 56.2 Å². The van der Waals surface area contributed by atoms with Crippen molar-refractivity contribution in [2.24, 2.45) is 16.1 Å². The summed E-state index contributed by atoms with van der Waals surface area (Å²) in [5, 5.41) is 8.59. The van der Waals surface area contributed by atoms with E-state index >= 15 is 0 Å². The highest BCUT2D eigenvalue weighted by atomic mass is 16.2. The zero-order valence-corrected chi connectivity index (χ0v) is 15.6. The van der Waals surface area contributed by atoms with Gasteiger partial charge in [0.2, 0.25) is 0 Å². The zero-order chi connectivity index (χ0) is 18.9. The van der Waals surface area contributed by atoms with Crippen molar-refractivity contribution in [1.29, 1.82) is 5.26 Å². The van der Waals surface area contributed by atoms with Crippen LogP contribution >= 0.6 is 0 Å². The van der Waals surface area contributed by atoms with Crippen LogP contribution < -0.4 is 5.73 Å². The first-order valence-electron chi connectivity index (χ1n) is 8.92. The Morgan fingerprint density at radius 2 is 2.12 bits per heavy atom. The average molecular weight is 348 g/mol. The Balaban J connectivity index is 2.02. The van der Waals surface area contributed by atoms with Crippen LogP contribution in [0.3, 0.4) is 0 Å². The molecule has 1 unspecified atom stereocenters. The molecule has 3 rings (SSSR count). The second-order valence-electron chi connectivity index (χ2n) is 7.90. The number of fused-ring (bicyclic) bond motifs is 2. The first-order chi connectivity index (χ1) is 12.3.